The van der Waals surface area contributed by atoms with Crippen molar-refractivity contribution in [1.82, 2.24) is 10.2 Å². The van der Waals surface area contributed by atoms with Crippen LogP contribution in [0, 0.1) is 0 Å². The highest BCUT2D eigenvalue weighted by atomic mass is 79.9. The van der Waals surface area contributed by atoms with E-state index in [0.29, 0.717) is 18.0 Å². The molecule has 2 amide bonds. The van der Waals surface area contributed by atoms with Gasteiger partial charge in [0, 0.05) is 24.5 Å². The first-order chi connectivity index (χ1) is 20.7. The van der Waals surface area contributed by atoms with Crippen molar-refractivity contribution in [3.63, 3.8) is 0 Å². The maximum atomic E-state index is 14.3. The molecule has 8 nitrogen and oxygen atoms in total. The molecule has 0 heterocycles. The molecule has 0 aromatic heterocycles. The van der Waals surface area contributed by atoms with Crippen molar-refractivity contribution in [3.8, 4) is 5.75 Å². The van der Waals surface area contributed by atoms with Crippen LogP contribution in [0.5, 0.6) is 5.75 Å². The molecule has 0 bridgehead atoms. The van der Waals surface area contributed by atoms with Crippen LogP contribution in [0.4, 0.5) is 5.69 Å². The summed E-state index contributed by atoms with van der Waals surface area (Å²) in [6.45, 7) is 1.86. The van der Waals surface area contributed by atoms with Crippen molar-refractivity contribution in [1.29, 1.82) is 0 Å². The van der Waals surface area contributed by atoms with Crippen molar-refractivity contribution in [3.05, 3.63) is 125 Å². The second kappa shape index (κ2) is 14.8. The van der Waals surface area contributed by atoms with Gasteiger partial charge >= 0.3 is 0 Å². The van der Waals surface area contributed by atoms with Crippen LogP contribution in [0.1, 0.15) is 18.1 Å². The van der Waals surface area contributed by atoms with Crippen LogP contribution in [0.15, 0.2) is 119 Å². The van der Waals surface area contributed by atoms with Crippen LogP contribution >= 0.6 is 15.9 Å². The average molecular weight is 665 g/mol. The van der Waals surface area contributed by atoms with Gasteiger partial charge in [0.2, 0.25) is 11.8 Å². The Hall–Kier alpha value is -4.15. The Morgan fingerprint density at radius 1 is 0.860 bits per heavy atom. The van der Waals surface area contributed by atoms with Crippen molar-refractivity contribution >= 4 is 43.5 Å². The van der Waals surface area contributed by atoms with Gasteiger partial charge in [0.05, 0.1) is 17.2 Å². The largest absolute Gasteiger partial charge is 0.494 e. The van der Waals surface area contributed by atoms with Gasteiger partial charge in [-0.25, -0.2) is 8.42 Å². The lowest BCUT2D eigenvalue weighted by Crippen LogP contribution is -2.53. The Balaban J connectivity index is 1.75. The molecule has 0 radical (unpaired) electrons. The molecule has 4 rings (SSSR count). The Morgan fingerprint density at radius 2 is 1.49 bits per heavy atom. The van der Waals surface area contributed by atoms with Gasteiger partial charge in [-0.05, 0) is 66.6 Å². The molecule has 0 saturated carbocycles. The van der Waals surface area contributed by atoms with Crippen LogP contribution in [-0.4, -0.2) is 51.4 Å². The number of carbonyl (C=O) groups is 2. The molecule has 0 aliphatic rings. The lowest BCUT2D eigenvalue weighted by molar-refractivity contribution is -0.139. The maximum Gasteiger partial charge on any atom is 0.264 e. The number of nitrogens with one attached hydrogen (secondary N) is 1. The SMILES string of the molecule is CCOc1ccc(S(=O)(=O)N(CC(=O)N(Cc2cccc(Br)c2)[C@H](Cc2ccccc2)C(=O)NC)c2ccccc2)cc1. The number of amides is 2. The Bertz CT molecular complexity index is 1620. The van der Waals surface area contributed by atoms with E-state index in [-0.39, 0.29) is 23.8 Å². The highest BCUT2D eigenvalue weighted by molar-refractivity contribution is 9.10. The number of rotatable bonds is 13. The number of para-hydroxylation sites is 1. The van der Waals surface area contributed by atoms with Crippen LogP contribution < -0.4 is 14.4 Å². The van der Waals surface area contributed by atoms with Crippen molar-refractivity contribution in [2.45, 2.75) is 30.8 Å². The van der Waals surface area contributed by atoms with Crippen LogP contribution in [-0.2, 0) is 32.6 Å². The van der Waals surface area contributed by atoms with Crippen LogP contribution in [0.3, 0.4) is 0 Å². The molecule has 0 aliphatic heterocycles. The van der Waals surface area contributed by atoms with Crippen LogP contribution in [0.25, 0.3) is 0 Å². The fraction of sp³-hybridized carbons (Fsp3) is 0.212. The average Bonchev–Trinajstić information content (AvgIpc) is 3.02. The summed E-state index contributed by atoms with van der Waals surface area (Å²) >= 11 is 3.48. The predicted octanol–water partition coefficient (Wildman–Crippen LogP) is 5.43. The number of hydrogen-bond donors (Lipinski definition) is 1. The van der Waals surface area contributed by atoms with Crippen LogP contribution in [0.2, 0.25) is 0 Å². The van der Waals surface area contributed by atoms with Gasteiger partial charge in [0.25, 0.3) is 10.0 Å². The van der Waals surface area contributed by atoms with E-state index in [2.05, 4.69) is 21.2 Å². The Labute approximate surface area is 261 Å². The standard InChI is InChI=1S/C33H34BrN3O5S/c1-3-42-29-17-19-30(20-18-29)43(40,41)37(28-15-8-5-9-16-28)24-32(38)36(23-26-13-10-14-27(34)21-26)31(33(39)35-2)22-25-11-6-4-7-12-25/h4-21,31H,3,22-24H2,1-2H3,(H,35,39)/t31-/m1/s1. The van der Waals surface area contributed by atoms with Gasteiger partial charge in [-0.15, -0.1) is 0 Å². The summed E-state index contributed by atoms with van der Waals surface area (Å²) in [5, 5.41) is 2.69. The van der Waals surface area contributed by atoms with Crippen molar-refractivity contribution in [2.24, 2.45) is 0 Å². The number of nitrogens with zero attached hydrogens (tertiary/aromatic N) is 2. The summed E-state index contributed by atoms with van der Waals surface area (Å²) in [6.07, 6.45) is 0.247. The summed E-state index contributed by atoms with van der Waals surface area (Å²) in [7, 11) is -2.66. The van der Waals surface area contributed by atoms with E-state index in [0.717, 1.165) is 19.9 Å². The number of anilines is 1. The first-order valence-electron chi connectivity index (χ1n) is 13.8. The lowest BCUT2D eigenvalue weighted by atomic mass is 10.0. The van der Waals surface area contributed by atoms with Gasteiger partial charge in [-0.3, -0.25) is 13.9 Å². The molecule has 43 heavy (non-hydrogen) atoms. The fourth-order valence-corrected chi connectivity index (χ4v) is 6.54. The van der Waals surface area contributed by atoms with E-state index in [1.54, 1.807) is 42.5 Å². The maximum absolute atomic E-state index is 14.3. The lowest BCUT2D eigenvalue weighted by Gasteiger charge is -2.33. The number of ether oxygens (including phenoxy) is 1. The van der Waals surface area contributed by atoms with E-state index >= 15 is 0 Å². The molecule has 0 aliphatic carbocycles. The van der Waals surface area contributed by atoms with E-state index in [1.807, 2.05) is 61.5 Å². The molecule has 10 heteroatoms. The van der Waals surface area contributed by atoms with Gasteiger partial charge < -0.3 is 15.0 Å². The molecule has 0 fully saturated rings. The molecule has 4 aromatic carbocycles. The zero-order valence-electron chi connectivity index (χ0n) is 24.0. The Morgan fingerprint density at radius 3 is 2.09 bits per heavy atom. The molecular weight excluding hydrogens is 630 g/mol. The van der Waals surface area contributed by atoms with Gasteiger partial charge in [-0.1, -0.05) is 76.6 Å². The predicted molar refractivity (Wildman–Crippen MR) is 171 cm³/mol. The second-order valence-electron chi connectivity index (χ2n) is 9.72. The molecule has 4 aromatic rings. The zero-order valence-corrected chi connectivity index (χ0v) is 26.4. The molecule has 224 valence electrons. The van der Waals surface area contributed by atoms with Crippen molar-refractivity contribution in [2.75, 3.05) is 24.5 Å². The summed E-state index contributed by atoms with van der Waals surface area (Å²) < 4.78 is 35.5. The molecule has 0 spiro atoms. The third-order valence-electron chi connectivity index (χ3n) is 6.81. The summed E-state index contributed by atoms with van der Waals surface area (Å²) in [5.74, 6) is -0.339. The number of halogens is 1. The van der Waals surface area contributed by atoms with E-state index in [9.17, 15) is 18.0 Å². The number of likely N-dealkylation sites (N-methyl/N-ethyl adjacent to an activating group) is 1. The van der Waals surface area contributed by atoms with E-state index < -0.39 is 28.5 Å². The van der Waals surface area contributed by atoms with Gasteiger partial charge in [0.15, 0.2) is 0 Å². The normalized spacial score (nSPS) is 11.8. The summed E-state index contributed by atoms with van der Waals surface area (Å²) in [6, 6.07) is 30.5. The molecular formula is C33H34BrN3O5S. The molecule has 0 saturated heterocycles. The molecule has 1 atom stereocenters. The summed E-state index contributed by atoms with van der Waals surface area (Å²) in [5.41, 5.74) is 1.97. The van der Waals surface area contributed by atoms with E-state index in [4.69, 9.17) is 4.74 Å². The second-order valence-corrected chi connectivity index (χ2v) is 12.5. The zero-order chi connectivity index (χ0) is 30.8. The Kier molecular flexibility index (Phi) is 11.0. The quantitative estimate of drug-likeness (QED) is 0.206. The topological polar surface area (TPSA) is 96.0 Å². The number of sulfonamides is 1. The fourth-order valence-electron chi connectivity index (χ4n) is 4.68. The molecule has 0 unspecified atom stereocenters. The number of hydrogen-bond acceptors (Lipinski definition) is 5. The number of benzene rings is 4. The number of carbonyl (C=O) groups excluding carboxylic acids is 2. The van der Waals surface area contributed by atoms with Crippen molar-refractivity contribution < 1.29 is 22.7 Å². The third-order valence-corrected chi connectivity index (χ3v) is 9.09. The minimum Gasteiger partial charge on any atom is -0.494 e. The minimum absolute atomic E-state index is 0.0123. The molecule has 1 N–H and O–H groups in total. The summed E-state index contributed by atoms with van der Waals surface area (Å²) in [4.78, 5) is 29.1. The highest BCUT2D eigenvalue weighted by Gasteiger charge is 2.34. The minimum atomic E-state index is -4.18. The third kappa shape index (κ3) is 8.24. The van der Waals surface area contributed by atoms with Gasteiger partial charge in [-0.2, -0.15) is 0 Å². The first kappa shape index (κ1) is 31.8. The smallest absolute Gasteiger partial charge is 0.264 e. The van der Waals surface area contributed by atoms with E-state index in [1.165, 1.54) is 24.1 Å². The van der Waals surface area contributed by atoms with Gasteiger partial charge in [0.1, 0.15) is 18.3 Å². The monoisotopic (exact) mass is 663 g/mol. The highest BCUT2D eigenvalue weighted by Crippen LogP contribution is 2.26. The first-order valence-corrected chi connectivity index (χ1v) is 16.1.